The van der Waals surface area contributed by atoms with E-state index in [9.17, 15) is 0 Å². The highest BCUT2D eigenvalue weighted by Crippen LogP contribution is 2.32. The molecule has 0 aliphatic rings. The van der Waals surface area contributed by atoms with Crippen molar-refractivity contribution < 1.29 is 9.47 Å². The molecular weight excluding hydrogens is 324 g/mol. The first-order valence-electron chi connectivity index (χ1n) is 9.24. The average Bonchev–Trinajstić information content (AvgIpc) is 2.64. The predicted molar refractivity (Wildman–Crippen MR) is 108 cm³/mol. The van der Waals surface area contributed by atoms with Crippen LogP contribution in [0, 0.1) is 0 Å². The van der Waals surface area contributed by atoms with Gasteiger partial charge >= 0.3 is 0 Å². The predicted octanol–water partition coefficient (Wildman–Crippen LogP) is 4.48. The molecule has 0 aromatic heterocycles. The molecule has 2 rings (SSSR count). The van der Waals surface area contributed by atoms with E-state index in [-0.39, 0.29) is 12.1 Å². The second-order valence-corrected chi connectivity index (χ2v) is 7.14. The van der Waals surface area contributed by atoms with Crippen LogP contribution in [0.25, 0.3) is 0 Å². The zero-order valence-corrected chi connectivity index (χ0v) is 16.7. The molecule has 2 aromatic rings. The molecule has 2 unspecified atom stereocenters. The van der Waals surface area contributed by atoms with Crippen LogP contribution in [0.2, 0.25) is 0 Å². The summed E-state index contributed by atoms with van der Waals surface area (Å²) in [4.78, 5) is 0. The molecular formula is C22H32N2O2. The number of rotatable bonds is 9. The minimum Gasteiger partial charge on any atom is -0.497 e. The molecule has 2 aromatic carbocycles. The summed E-state index contributed by atoms with van der Waals surface area (Å²) < 4.78 is 10.6. The number of ether oxygens (including phenoxy) is 2. The van der Waals surface area contributed by atoms with Gasteiger partial charge in [0.2, 0.25) is 0 Å². The quantitative estimate of drug-likeness (QED) is 0.695. The lowest BCUT2D eigenvalue weighted by Gasteiger charge is -2.33. The van der Waals surface area contributed by atoms with Crippen molar-refractivity contribution in [1.29, 1.82) is 0 Å². The highest BCUT2D eigenvalue weighted by molar-refractivity contribution is 5.34. The van der Waals surface area contributed by atoms with Gasteiger partial charge in [0.25, 0.3) is 0 Å². The number of methoxy groups -OCH3 is 2. The van der Waals surface area contributed by atoms with E-state index in [0.717, 1.165) is 11.5 Å². The highest BCUT2D eigenvalue weighted by atomic mass is 16.5. The van der Waals surface area contributed by atoms with Crippen LogP contribution in [0.3, 0.4) is 0 Å². The van der Waals surface area contributed by atoms with Gasteiger partial charge in [-0.15, -0.1) is 0 Å². The zero-order chi connectivity index (χ0) is 19.1. The van der Waals surface area contributed by atoms with Crippen molar-refractivity contribution in [2.24, 2.45) is 0 Å². The minimum atomic E-state index is 0.136. The van der Waals surface area contributed by atoms with E-state index >= 15 is 0 Å². The molecule has 0 fully saturated rings. The van der Waals surface area contributed by atoms with Gasteiger partial charge in [0, 0.05) is 12.1 Å². The smallest absolute Gasteiger partial charge is 0.118 e. The van der Waals surface area contributed by atoms with Crippen LogP contribution < -0.4 is 20.1 Å². The third-order valence-electron chi connectivity index (χ3n) is 4.31. The Balaban J connectivity index is 2.41. The molecule has 0 bridgehead atoms. The fourth-order valence-electron chi connectivity index (χ4n) is 3.11. The van der Waals surface area contributed by atoms with Gasteiger partial charge in [0.15, 0.2) is 0 Å². The van der Waals surface area contributed by atoms with Crippen molar-refractivity contribution in [1.82, 2.24) is 10.6 Å². The summed E-state index contributed by atoms with van der Waals surface area (Å²) in [6.45, 7) is 8.71. The van der Waals surface area contributed by atoms with Crippen molar-refractivity contribution >= 4 is 0 Å². The van der Waals surface area contributed by atoms with Gasteiger partial charge in [-0.25, -0.2) is 0 Å². The summed E-state index contributed by atoms with van der Waals surface area (Å²) >= 11 is 0. The fourth-order valence-corrected chi connectivity index (χ4v) is 3.11. The molecule has 142 valence electrons. The van der Waals surface area contributed by atoms with Crippen LogP contribution in [0.1, 0.15) is 50.9 Å². The van der Waals surface area contributed by atoms with Gasteiger partial charge in [0.05, 0.1) is 26.3 Å². The maximum atomic E-state index is 5.32. The van der Waals surface area contributed by atoms with Crippen molar-refractivity contribution in [3.8, 4) is 11.5 Å². The summed E-state index contributed by atoms with van der Waals surface area (Å²) in [5, 5.41) is 7.46. The number of hydrogen-bond acceptors (Lipinski definition) is 4. The Hall–Kier alpha value is -2.04. The lowest BCUT2D eigenvalue weighted by molar-refractivity contribution is 0.340. The first-order valence-corrected chi connectivity index (χ1v) is 9.24. The largest absolute Gasteiger partial charge is 0.497 e. The minimum absolute atomic E-state index is 0.136. The normalized spacial score (nSPS) is 13.7. The van der Waals surface area contributed by atoms with Crippen LogP contribution in [-0.2, 0) is 0 Å². The topological polar surface area (TPSA) is 42.5 Å². The van der Waals surface area contributed by atoms with Crippen molar-refractivity contribution in [2.75, 3.05) is 14.2 Å². The van der Waals surface area contributed by atoms with Crippen LogP contribution in [-0.4, -0.2) is 26.3 Å². The van der Waals surface area contributed by atoms with E-state index in [1.165, 1.54) is 11.1 Å². The molecule has 2 N–H and O–H groups in total. The Kier molecular flexibility index (Phi) is 7.49. The third kappa shape index (κ3) is 5.48. The SMILES string of the molecule is COc1ccc(C(NC(C)C)C(NC(C)C)c2ccc(OC)cc2)cc1. The fraction of sp³-hybridized carbons (Fsp3) is 0.455. The number of nitrogens with one attached hydrogen (secondary N) is 2. The molecule has 26 heavy (non-hydrogen) atoms. The molecule has 0 spiro atoms. The molecule has 0 aliphatic carbocycles. The third-order valence-corrected chi connectivity index (χ3v) is 4.31. The van der Waals surface area contributed by atoms with E-state index in [1.807, 2.05) is 24.3 Å². The molecule has 0 aliphatic heterocycles. The highest BCUT2D eigenvalue weighted by Gasteiger charge is 2.26. The van der Waals surface area contributed by atoms with Crippen molar-refractivity contribution in [2.45, 2.75) is 51.9 Å². The Bertz CT molecular complexity index is 591. The average molecular weight is 357 g/mol. The molecule has 0 heterocycles. The van der Waals surface area contributed by atoms with E-state index in [4.69, 9.17) is 9.47 Å². The molecule has 0 saturated carbocycles. The summed E-state index contributed by atoms with van der Waals surface area (Å²) in [6.07, 6.45) is 0. The molecule has 0 saturated heterocycles. The first kappa shape index (κ1) is 20.3. The molecule has 4 heteroatoms. The van der Waals surface area contributed by atoms with Gasteiger partial charge in [-0.05, 0) is 35.4 Å². The molecule has 2 atom stereocenters. The Morgan fingerprint density at radius 3 is 1.12 bits per heavy atom. The van der Waals surface area contributed by atoms with E-state index in [2.05, 4.69) is 62.6 Å². The van der Waals surface area contributed by atoms with Crippen LogP contribution in [0.5, 0.6) is 11.5 Å². The van der Waals surface area contributed by atoms with Gasteiger partial charge in [0.1, 0.15) is 11.5 Å². The number of benzene rings is 2. The summed E-state index contributed by atoms with van der Waals surface area (Å²) in [7, 11) is 3.39. The van der Waals surface area contributed by atoms with Gasteiger partial charge in [-0.1, -0.05) is 52.0 Å². The lowest BCUT2D eigenvalue weighted by atomic mass is 9.92. The van der Waals surface area contributed by atoms with Gasteiger partial charge in [-0.2, -0.15) is 0 Å². The van der Waals surface area contributed by atoms with Crippen LogP contribution in [0.4, 0.5) is 0 Å². The second-order valence-electron chi connectivity index (χ2n) is 7.14. The Morgan fingerprint density at radius 1 is 0.577 bits per heavy atom. The van der Waals surface area contributed by atoms with E-state index in [0.29, 0.717) is 12.1 Å². The summed E-state index contributed by atoms with van der Waals surface area (Å²) in [5.41, 5.74) is 2.46. The second kappa shape index (κ2) is 9.60. The molecule has 0 amide bonds. The van der Waals surface area contributed by atoms with Gasteiger partial charge in [-0.3, -0.25) is 0 Å². The van der Waals surface area contributed by atoms with E-state index in [1.54, 1.807) is 14.2 Å². The maximum absolute atomic E-state index is 5.32. The first-order chi connectivity index (χ1) is 12.4. The lowest BCUT2D eigenvalue weighted by Crippen LogP contribution is -2.40. The standard InChI is InChI=1S/C22H32N2O2/c1-15(2)23-21(17-7-11-19(25-5)12-8-17)22(24-16(3)4)18-9-13-20(26-6)14-10-18/h7-16,21-24H,1-6H3. The van der Waals surface area contributed by atoms with Crippen molar-refractivity contribution in [3.05, 3.63) is 59.7 Å². The Morgan fingerprint density at radius 2 is 0.885 bits per heavy atom. The molecule has 4 nitrogen and oxygen atoms in total. The Labute approximate surface area is 157 Å². The van der Waals surface area contributed by atoms with Gasteiger partial charge < -0.3 is 20.1 Å². The number of hydrogen-bond donors (Lipinski definition) is 2. The van der Waals surface area contributed by atoms with Crippen molar-refractivity contribution in [3.63, 3.8) is 0 Å². The van der Waals surface area contributed by atoms with Crippen LogP contribution in [0.15, 0.2) is 48.5 Å². The summed E-state index contributed by atoms with van der Waals surface area (Å²) in [6, 6.07) is 17.6. The molecule has 0 radical (unpaired) electrons. The van der Waals surface area contributed by atoms with E-state index < -0.39 is 0 Å². The monoisotopic (exact) mass is 356 g/mol. The summed E-state index contributed by atoms with van der Waals surface area (Å²) in [5.74, 6) is 1.74. The van der Waals surface area contributed by atoms with Crippen LogP contribution >= 0.6 is 0 Å². The maximum Gasteiger partial charge on any atom is 0.118 e. The zero-order valence-electron chi connectivity index (χ0n) is 16.7.